The van der Waals surface area contributed by atoms with Crippen molar-refractivity contribution >= 4 is 11.6 Å². The number of para-hydroxylation sites is 1. The number of rotatable bonds is 6. The minimum Gasteiger partial charge on any atom is -0.497 e. The van der Waals surface area contributed by atoms with Crippen LogP contribution in [0.3, 0.4) is 0 Å². The van der Waals surface area contributed by atoms with Crippen molar-refractivity contribution in [2.24, 2.45) is 5.92 Å². The van der Waals surface area contributed by atoms with E-state index in [-0.39, 0.29) is 5.91 Å². The van der Waals surface area contributed by atoms with Crippen LogP contribution in [0.25, 0.3) is 0 Å². The molecular formula is C20H24N2O3. The van der Waals surface area contributed by atoms with Crippen LogP contribution in [-0.4, -0.2) is 39.8 Å². The van der Waals surface area contributed by atoms with Gasteiger partial charge in [-0.1, -0.05) is 18.2 Å². The van der Waals surface area contributed by atoms with Crippen LogP contribution in [0.2, 0.25) is 0 Å². The van der Waals surface area contributed by atoms with Gasteiger partial charge in [0, 0.05) is 37.0 Å². The van der Waals surface area contributed by atoms with E-state index in [0.717, 1.165) is 19.5 Å². The van der Waals surface area contributed by atoms with Crippen molar-refractivity contribution in [3.05, 3.63) is 54.1 Å². The van der Waals surface area contributed by atoms with Crippen LogP contribution in [0.15, 0.2) is 48.5 Å². The molecule has 1 atom stereocenters. The molecule has 0 bridgehead atoms. The molecule has 1 fully saturated rings. The van der Waals surface area contributed by atoms with Gasteiger partial charge in [0.1, 0.15) is 11.5 Å². The van der Waals surface area contributed by atoms with Gasteiger partial charge in [-0.3, -0.25) is 4.79 Å². The molecule has 3 rings (SSSR count). The van der Waals surface area contributed by atoms with Gasteiger partial charge >= 0.3 is 0 Å². The van der Waals surface area contributed by atoms with Crippen LogP contribution in [-0.2, 0) is 0 Å². The molecule has 132 valence electrons. The fraction of sp³-hybridized carbons (Fsp3) is 0.350. The summed E-state index contributed by atoms with van der Waals surface area (Å²) in [5.74, 6) is 1.58. The summed E-state index contributed by atoms with van der Waals surface area (Å²) in [7, 11) is 3.15. The molecule has 1 N–H and O–H groups in total. The molecule has 5 nitrogen and oxygen atoms in total. The van der Waals surface area contributed by atoms with Gasteiger partial charge in [0.25, 0.3) is 5.91 Å². The number of carbonyl (C=O) groups is 1. The summed E-state index contributed by atoms with van der Waals surface area (Å²) in [4.78, 5) is 14.8. The summed E-state index contributed by atoms with van der Waals surface area (Å²) < 4.78 is 10.4. The highest BCUT2D eigenvalue weighted by molar-refractivity contribution is 5.95. The maximum absolute atomic E-state index is 12.5. The molecular weight excluding hydrogens is 316 g/mol. The van der Waals surface area contributed by atoms with Gasteiger partial charge in [-0.05, 0) is 36.6 Å². The third-order valence-corrected chi connectivity index (χ3v) is 4.57. The lowest BCUT2D eigenvalue weighted by molar-refractivity contribution is 0.0947. The first-order chi connectivity index (χ1) is 12.2. The van der Waals surface area contributed by atoms with Crippen molar-refractivity contribution in [3.63, 3.8) is 0 Å². The first kappa shape index (κ1) is 17.1. The number of hydrogen-bond donors (Lipinski definition) is 1. The van der Waals surface area contributed by atoms with Crippen molar-refractivity contribution in [1.82, 2.24) is 5.32 Å². The predicted molar refractivity (Wildman–Crippen MR) is 98.6 cm³/mol. The van der Waals surface area contributed by atoms with Gasteiger partial charge in [-0.25, -0.2) is 0 Å². The predicted octanol–water partition coefficient (Wildman–Crippen LogP) is 2.96. The lowest BCUT2D eigenvalue weighted by atomic mass is 10.1. The summed E-state index contributed by atoms with van der Waals surface area (Å²) in [5, 5.41) is 3.04. The number of benzene rings is 2. The van der Waals surface area contributed by atoms with E-state index in [4.69, 9.17) is 9.47 Å². The van der Waals surface area contributed by atoms with E-state index in [0.29, 0.717) is 29.5 Å². The quantitative estimate of drug-likeness (QED) is 0.878. The SMILES string of the molecule is COc1cc(OC)cc(C(=O)NCC2CCN(c3ccccc3)C2)c1. The fourth-order valence-corrected chi connectivity index (χ4v) is 3.15. The molecule has 1 amide bonds. The normalized spacial score (nSPS) is 16.6. The van der Waals surface area contributed by atoms with Crippen LogP contribution in [0.1, 0.15) is 16.8 Å². The van der Waals surface area contributed by atoms with Crippen LogP contribution in [0.5, 0.6) is 11.5 Å². The van der Waals surface area contributed by atoms with Gasteiger partial charge in [-0.2, -0.15) is 0 Å². The molecule has 2 aromatic carbocycles. The zero-order chi connectivity index (χ0) is 17.6. The van der Waals surface area contributed by atoms with E-state index in [1.165, 1.54) is 5.69 Å². The summed E-state index contributed by atoms with van der Waals surface area (Å²) in [5.41, 5.74) is 1.79. The maximum atomic E-state index is 12.5. The molecule has 1 aliphatic rings. The molecule has 0 aliphatic carbocycles. The van der Waals surface area contributed by atoms with Gasteiger partial charge in [0.2, 0.25) is 0 Å². The number of hydrogen-bond acceptors (Lipinski definition) is 4. The minimum atomic E-state index is -0.102. The Labute approximate surface area is 148 Å². The van der Waals surface area contributed by atoms with E-state index in [9.17, 15) is 4.79 Å². The average molecular weight is 340 g/mol. The highest BCUT2D eigenvalue weighted by Crippen LogP contribution is 2.24. The van der Waals surface area contributed by atoms with Crippen LogP contribution >= 0.6 is 0 Å². The van der Waals surface area contributed by atoms with E-state index >= 15 is 0 Å². The highest BCUT2D eigenvalue weighted by Gasteiger charge is 2.23. The van der Waals surface area contributed by atoms with Crippen molar-refractivity contribution in [3.8, 4) is 11.5 Å². The largest absolute Gasteiger partial charge is 0.497 e. The zero-order valence-corrected chi connectivity index (χ0v) is 14.7. The highest BCUT2D eigenvalue weighted by atomic mass is 16.5. The Balaban J connectivity index is 1.56. The van der Waals surface area contributed by atoms with Crippen molar-refractivity contribution in [2.75, 3.05) is 38.8 Å². The molecule has 0 spiro atoms. The molecule has 1 saturated heterocycles. The minimum absolute atomic E-state index is 0.102. The molecule has 1 unspecified atom stereocenters. The topological polar surface area (TPSA) is 50.8 Å². The molecule has 1 aliphatic heterocycles. The van der Waals surface area contributed by atoms with Gasteiger partial charge < -0.3 is 19.7 Å². The first-order valence-electron chi connectivity index (χ1n) is 8.51. The standard InChI is InChI=1S/C20H24N2O3/c1-24-18-10-16(11-19(12-18)25-2)20(23)21-13-15-8-9-22(14-15)17-6-4-3-5-7-17/h3-7,10-12,15H,8-9,13-14H2,1-2H3,(H,21,23). The fourth-order valence-electron chi connectivity index (χ4n) is 3.15. The van der Waals surface area contributed by atoms with Crippen molar-refractivity contribution in [2.45, 2.75) is 6.42 Å². The summed E-state index contributed by atoms with van der Waals surface area (Å²) in [6, 6.07) is 15.6. The number of nitrogens with zero attached hydrogens (tertiary/aromatic N) is 1. The molecule has 0 saturated carbocycles. The first-order valence-corrected chi connectivity index (χ1v) is 8.51. The second-order valence-electron chi connectivity index (χ2n) is 6.25. The Morgan fingerprint density at radius 2 is 1.80 bits per heavy atom. The number of nitrogens with one attached hydrogen (secondary N) is 1. The second kappa shape index (κ2) is 7.92. The molecule has 25 heavy (non-hydrogen) atoms. The third-order valence-electron chi connectivity index (χ3n) is 4.57. The molecule has 0 aromatic heterocycles. The van der Waals surface area contributed by atoms with Gasteiger partial charge in [0.05, 0.1) is 14.2 Å². The lowest BCUT2D eigenvalue weighted by Gasteiger charge is -2.18. The summed E-state index contributed by atoms with van der Waals surface area (Å²) in [6.07, 6.45) is 1.08. The molecule has 0 radical (unpaired) electrons. The zero-order valence-electron chi connectivity index (χ0n) is 14.7. The number of carbonyl (C=O) groups excluding carboxylic acids is 1. The number of anilines is 1. The van der Waals surface area contributed by atoms with Crippen LogP contribution in [0.4, 0.5) is 5.69 Å². The average Bonchev–Trinajstić information content (AvgIpc) is 3.15. The van der Waals surface area contributed by atoms with Crippen molar-refractivity contribution in [1.29, 1.82) is 0 Å². The van der Waals surface area contributed by atoms with Gasteiger partial charge in [0.15, 0.2) is 0 Å². The summed E-state index contributed by atoms with van der Waals surface area (Å²) in [6.45, 7) is 2.66. The van der Waals surface area contributed by atoms with E-state index in [2.05, 4.69) is 34.5 Å². The Kier molecular flexibility index (Phi) is 5.43. The number of ether oxygens (including phenoxy) is 2. The van der Waals surface area contributed by atoms with Crippen LogP contribution in [0, 0.1) is 5.92 Å². The lowest BCUT2D eigenvalue weighted by Crippen LogP contribution is -2.31. The van der Waals surface area contributed by atoms with E-state index < -0.39 is 0 Å². The summed E-state index contributed by atoms with van der Waals surface area (Å²) >= 11 is 0. The number of amides is 1. The van der Waals surface area contributed by atoms with E-state index in [1.807, 2.05) is 6.07 Å². The molecule has 2 aromatic rings. The van der Waals surface area contributed by atoms with Crippen LogP contribution < -0.4 is 19.7 Å². The van der Waals surface area contributed by atoms with Gasteiger partial charge in [-0.15, -0.1) is 0 Å². The Morgan fingerprint density at radius 3 is 2.44 bits per heavy atom. The molecule has 5 heteroatoms. The maximum Gasteiger partial charge on any atom is 0.251 e. The number of methoxy groups -OCH3 is 2. The third kappa shape index (κ3) is 4.24. The Bertz CT molecular complexity index is 696. The van der Waals surface area contributed by atoms with Crippen molar-refractivity contribution < 1.29 is 14.3 Å². The second-order valence-corrected chi connectivity index (χ2v) is 6.25. The molecule has 1 heterocycles. The Hall–Kier alpha value is -2.69. The van der Waals surface area contributed by atoms with E-state index in [1.54, 1.807) is 32.4 Å². The monoisotopic (exact) mass is 340 g/mol. The Morgan fingerprint density at radius 1 is 1.12 bits per heavy atom. The smallest absolute Gasteiger partial charge is 0.251 e.